The molecule has 2 aromatic carbocycles. The first-order chi connectivity index (χ1) is 13.0. The van der Waals surface area contributed by atoms with Gasteiger partial charge in [-0.15, -0.1) is 0 Å². The number of hydrogen-bond acceptors (Lipinski definition) is 4. The molecule has 144 valence electrons. The van der Waals surface area contributed by atoms with Crippen LogP contribution in [0.5, 0.6) is 11.5 Å². The zero-order valence-corrected chi connectivity index (χ0v) is 16.0. The van der Waals surface area contributed by atoms with E-state index in [-0.39, 0.29) is 11.8 Å². The van der Waals surface area contributed by atoms with E-state index in [1.165, 1.54) is 6.92 Å². The highest BCUT2D eigenvalue weighted by Gasteiger charge is 2.12. The number of rotatable bonds is 9. The first-order valence-electron chi connectivity index (χ1n) is 8.84. The summed E-state index contributed by atoms with van der Waals surface area (Å²) in [7, 11) is 3.19. The van der Waals surface area contributed by atoms with Gasteiger partial charge in [0, 0.05) is 32.1 Å². The second kappa shape index (κ2) is 10.2. The minimum Gasteiger partial charge on any atom is -0.497 e. The third kappa shape index (κ3) is 6.02. The van der Waals surface area contributed by atoms with Crippen molar-refractivity contribution in [2.75, 3.05) is 33.9 Å². The summed E-state index contributed by atoms with van der Waals surface area (Å²) in [4.78, 5) is 25.9. The summed E-state index contributed by atoms with van der Waals surface area (Å²) in [6, 6.07) is 14.7. The van der Waals surface area contributed by atoms with Crippen molar-refractivity contribution in [1.82, 2.24) is 10.2 Å². The molecule has 0 bridgehead atoms. The smallest absolute Gasteiger partial charge is 0.251 e. The number of ether oxygens (including phenoxy) is 2. The second-order valence-electron chi connectivity index (χ2n) is 6.06. The van der Waals surface area contributed by atoms with E-state index in [4.69, 9.17) is 9.47 Å². The topological polar surface area (TPSA) is 67.9 Å². The van der Waals surface area contributed by atoms with Gasteiger partial charge in [-0.1, -0.05) is 24.3 Å². The molecule has 27 heavy (non-hydrogen) atoms. The van der Waals surface area contributed by atoms with Crippen LogP contribution in [0.2, 0.25) is 0 Å². The number of methoxy groups -OCH3 is 2. The second-order valence-corrected chi connectivity index (χ2v) is 6.06. The van der Waals surface area contributed by atoms with Gasteiger partial charge in [0.1, 0.15) is 11.5 Å². The van der Waals surface area contributed by atoms with Crippen LogP contribution in [0.25, 0.3) is 0 Å². The molecule has 6 heteroatoms. The molecule has 0 saturated carbocycles. The normalized spacial score (nSPS) is 10.2. The van der Waals surface area contributed by atoms with E-state index in [2.05, 4.69) is 5.32 Å². The van der Waals surface area contributed by atoms with Gasteiger partial charge in [0.15, 0.2) is 0 Å². The molecule has 0 radical (unpaired) electrons. The number of para-hydroxylation sites is 1. The lowest BCUT2D eigenvalue weighted by molar-refractivity contribution is -0.128. The molecule has 0 aliphatic rings. The van der Waals surface area contributed by atoms with E-state index >= 15 is 0 Å². The van der Waals surface area contributed by atoms with Gasteiger partial charge in [0.25, 0.3) is 5.91 Å². The first-order valence-corrected chi connectivity index (χ1v) is 8.84. The Balaban J connectivity index is 1.87. The molecule has 0 aliphatic carbocycles. The third-order valence-corrected chi connectivity index (χ3v) is 4.29. The first kappa shape index (κ1) is 20.3. The number of nitrogens with one attached hydrogen (secondary N) is 1. The minimum absolute atomic E-state index is 0.0273. The molecule has 0 spiro atoms. The molecule has 0 atom stereocenters. The van der Waals surface area contributed by atoms with Crippen LogP contribution in [0.4, 0.5) is 0 Å². The lowest BCUT2D eigenvalue weighted by atomic mass is 10.1. The Bertz CT molecular complexity index is 776. The Kier molecular flexibility index (Phi) is 7.67. The molecular weight excluding hydrogens is 344 g/mol. The highest BCUT2D eigenvalue weighted by molar-refractivity contribution is 5.94. The SMILES string of the molecule is COc1cccc(C(=O)NCCN(CCc2ccccc2OC)C(C)=O)c1. The van der Waals surface area contributed by atoms with Crippen LogP contribution >= 0.6 is 0 Å². The van der Waals surface area contributed by atoms with Crippen LogP contribution in [-0.2, 0) is 11.2 Å². The summed E-state index contributed by atoms with van der Waals surface area (Å²) in [5.41, 5.74) is 1.57. The third-order valence-electron chi connectivity index (χ3n) is 4.29. The van der Waals surface area contributed by atoms with Crippen molar-refractivity contribution in [3.63, 3.8) is 0 Å². The van der Waals surface area contributed by atoms with Gasteiger partial charge in [-0.2, -0.15) is 0 Å². The van der Waals surface area contributed by atoms with Crippen molar-refractivity contribution < 1.29 is 19.1 Å². The average molecular weight is 370 g/mol. The number of hydrogen-bond donors (Lipinski definition) is 1. The summed E-state index contributed by atoms with van der Waals surface area (Å²) in [6.45, 7) is 2.92. The molecular formula is C21H26N2O4. The zero-order valence-electron chi connectivity index (χ0n) is 16.0. The molecule has 2 aromatic rings. The molecule has 0 heterocycles. The maximum absolute atomic E-state index is 12.2. The Morgan fingerprint density at radius 1 is 1.00 bits per heavy atom. The van der Waals surface area contributed by atoms with E-state index in [9.17, 15) is 9.59 Å². The van der Waals surface area contributed by atoms with Gasteiger partial charge in [-0.25, -0.2) is 0 Å². The molecule has 0 saturated heterocycles. The average Bonchev–Trinajstić information content (AvgIpc) is 2.70. The van der Waals surface area contributed by atoms with Crippen LogP contribution in [0.3, 0.4) is 0 Å². The summed E-state index contributed by atoms with van der Waals surface area (Å²) < 4.78 is 10.5. The Labute approximate surface area is 160 Å². The molecule has 0 unspecified atom stereocenters. The van der Waals surface area contributed by atoms with Gasteiger partial charge in [-0.3, -0.25) is 9.59 Å². The van der Waals surface area contributed by atoms with Gasteiger partial charge in [-0.05, 0) is 36.2 Å². The fraction of sp³-hybridized carbons (Fsp3) is 0.333. The van der Waals surface area contributed by atoms with Crippen LogP contribution in [-0.4, -0.2) is 50.6 Å². The fourth-order valence-electron chi connectivity index (χ4n) is 2.76. The number of carbonyl (C=O) groups is 2. The molecule has 1 N–H and O–H groups in total. The van der Waals surface area contributed by atoms with Crippen molar-refractivity contribution in [2.24, 2.45) is 0 Å². The molecule has 6 nitrogen and oxygen atoms in total. The monoisotopic (exact) mass is 370 g/mol. The lowest BCUT2D eigenvalue weighted by Crippen LogP contribution is -2.38. The largest absolute Gasteiger partial charge is 0.497 e. The van der Waals surface area contributed by atoms with E-state index in [0.29, 0.717) is 37.4 Å². The van der Waals surface area contributed by atoms with Crippen molar-refractivity contribution >= 4 is 11.8 Å². The Hall–Kier alpha value is -3.02. The number of nitrogens with zero attached hydrogens (tertiary/aromatic N) is 1. The highest BCUT2D eigenvalue weighted by atomic mass is 16.5. The van der Waals surface area contributed by atoms with E-state index < -0.39 is 0 Å². The van der Waals surface area contributed by atoms with Gasteiger partial charge in [0.2, 0.25) is 5.91 Å². The van der Waals surface area contributed by atoms with Gasteiger partial charge >= 0.3 is 0 Å². The summed E-state index contributed by atoms with van der Waals surface area (Å²) in [5.74, 6) is 1.22. The van der Waals surface area contributed by atoms with Crippen LogP contribution in [0, 0.1) is 0 Å². The predicted octanol–water partition coefficient (Wildman–Crippen LogP) is 2.52. The van der Waals surface area contributed by atoms with Crippen LogP contribution in [0.1, 0.15) is 22.8 Å². The van der Waals surface area contributed by atoms with Crippen molar-refractivity contribution in [2.45, 2.75) is 13.3 Å². The Morgan fingerprint density at radius 3 is 2.48 bits per heavy atom. The van der Waals surface area contributed by atoms with Gasteiger partial charge in [0.05, 0.1) is 14.2 Å². The maximum Gasteiger partial charge on any atom is 0.251 e. The van der Waals surface area contributed by atoms with Crippen molar-refractivity contribution in [1.29, 1.82) is 0 Å². The summed E-state index contributed by atoms with van der Waals surface area (Å²) in [6.07, 6.45) is 0.688. The minimum atomic E-state index is -0.192. The standard InChI is InChI=1S/C21H26N2O4/c1-16(24)23(13-11-17-7-4-5-10-20(17)27-3)14-12-22-21(25)18-8-6-9-19(15-18)26-2/h4-10,15H,11-14H2,1-3H3,(H,22,25). The summed E-state index contributed by atoms with van der Waals surface area (Å²) in [5, 5.41) is 2.84. The zero-order chi connectivity index (χ0) is 19.6. The number of carbonyl (C=O) groups excluding carboxylic acids is 2. The lowest BCUT2D eigenvalue weighted by Gasteiger charge is -2.22. The summed E-state index contributed by atoms with van der Waals surface area (Å²) >= 11 is 0. The molecule has 0 aliphatic heterocycles. The van der Waals surface area contributed by atoms with Crippen molar-refractivity contribution in [3.05, 3.63) is 59.7 Å². The molecule has 0 fully saturated rings. The molecule has 0 aromatic heterocycles. The van der Waals surface area contributed by atoms with E-state index in [1.807, 2.05) is 24.3 Å². The van der Waals surface area contributed by atoms with E-state index in [1.54, 1.807) is 43.4 Å². The fourth-order valence-corrected chi connectivity index (χ4v) is 2.76. The van der Waals surface area contributed by atoms with Crippen molar-refractivity contribution in [3.8, 4) is 11.5 Å². The quantitative estimate of drug-likeness (QED) is 0.737. The molecule has 2 amide bonds. The maximum atomic E-state index is 12.2. The van der Waals surface area contributed by atoms with Gasteiger partial charge < -0.3 is 19.7 Å². The Morgan fingerprint density at radius 2 is 1.78 bits per heavy atom. The predicted molar refractivity (Wildman–Crippen MR) is 104 cm³/mol. The number of amides is 2. The highest BCUT2D eigenvalue weighted by Crippen LogP contribution is 2.18. The number of benzene rings is 2. The molecule has 2 rings (SSSR count). The van der Waals surface area contributed by atoms with Crippen LogP contribution in [0.15, 0.2) is 48.5 Å². The van der Waals surface area contributed by atoms with E-state index in [0.717, 1.165) is 11.3 Å². The van der Waals surface area contributed by atoms with Crippen LogP contribution < -0.4 is 14.8 Å².